The molecule has 1 aliphatic heterocycles. The summed E-state index contributed by atoms with van der Waals surface area (Å²) in [7, 11) is 0. The predicted molar refractivity (Wildman–Crippen MR) is 99.5 cm³/mol. The Hall–Kier alpha value is -2.45. The number of halogens is 2. The molecule has 0 radical (unpaired) electrons. The number of anilines is 1. The van der Waals surface area contributed by atoms with Gasteiger partial charge < -0.3 is 15.0 Å². The van der Waals surface area contributed by atoms with Gasteiger partial charge in [-0.15, -0.1) is 0 Å². The number of rotatable bonds is 5. The van der Waals surface area contributed by atoms with Crippen LogP contribution in [0.5, 0.6) is 0 Å². The zero-order valence-corrected chi connectivity index (χ0v) is 15.6. The molecule has 2 heterocycles. The first-order chi connectivity index (χ1) is 12.9. The summed E-state index contributed by atoms with van der Waals surface area (Å²) in [6.07, 6.45) is 0. The first kappa shape index (κ1) is 19.3. The number of hydrogen-bond donors (Lipinski definition) is 1. The van der Waals surface area contributed by atoms with E-state index in [4.69, 9.17) is 16.3 Å². The highest BCUT2D eigenvalue weighted by molar-refractivity contribution is 6.31. The minimum Gasteiger partial charge on any atom is -0.378 e. The van der Waals surface area contributed by atoms with E-state index in [1.807, 2.05) is 4.90 Å². The van der Waals surface area contributed by atoms with Crippen molar-refractivity contribution in [2.45, 2.75) is 20.0 Å². The second-order valence-electron chi connectivity index (χ2n) is 6.23. The molecular formula is C18H20ClFN4O3. The van der Waals surface area contributed by atoms with Gasteiger partial charge in [-0.05, 0) is 24.6 Å². The molecule has 1 saturated heterocycles. The minimum atomic E-state index is -0.442. The monoisotopic (exact) mass is 394 g/mol. The lowest BCUT2D eigenvalue weighted by Gasteiger charge is -2.29. The van der Waals surface area contributed by atoms with E-state index in [0.29, 0.717) is 43.5 Å². The lowest BCUT2D eigenvalue weighted by Crippen LogP contribution is -2.42. The molecule has 1 amide bonds. The maximum Gasteiger partial charge on any atom is 0.255 e. The van der Waals surface area contributed by atoms with Gasteiger partial charge in [-0.2, -0.15) is 0 Å². The van der Waals surface area contributed by atoms with E-state index in [1.165, 1.54) is 28.8 Å². The highest BCUT2D eigenvalue weighted by Crippen LogP contribution is 2.17. The van der Waals surface area contributed by atoms with Crippen LogP contribution >= 0.6 is 11.6 Å². The molecule has 27 heavy (non-hydrogen) atoms. The molecule has 0 atom stereocenters. The van der Waals surface area contributed by atoms with Crippen LogP contribution in [0.3, 0.4) is 0 Å². The lowest BCUT2D eigenvalue weighted by atomic mass is 10.2. The van der Waals surface area contributed by atoms with Crippen molar-refractivity contribution in [1.82, 2.24) is 14.9 Å². The van der Waals surface area contributed by atoms with Crippen LogP contribution in [0.4, 0.5) is 10.3 Å². The third kappa shape index (κ3) is 4.84. The Kier molecular flexibility index (Phi) is 6.08. The molecule has 3 rings (SSSR count). The molecule has 1 N–H and O–H groups in total. The fourth-order valence-electron chi connectivity index (χ4n) is 2.82. The average Bonchev–Trinajstić information content (AvgIpc) is 2.63. The molecule has 7 nitrogen and oxygen atoms in total. The average molecular weight is 395 g/mol. The highest BCUT2D eigenvalue weighted by atomic mass is 35.5. The molecule has 1 aromatic heterocycles. The summed E-state index contributed by atoms with van der Waals surface area (Å²) in [4.78, 5) is 31.2. The molecule has 0 aliphatic carbocycles. The van der Waals surface area contributed by atoms with Gasteiger partial charge in [0.05, 0.1) is 13.2 Å². The third-order valence-electron chi connectivity index (χ3n) is 4.20. The van der Waals surface area contributed by atoms with E-state index in [0.717, 1.165) is 0 Å². The predicted octanol–water partition coefficient (Wildman–Crippen LogP) is 1.50. The van der Waals surface area contributed by atoms with Gasteiger partial charge in [-0.1, -0.05) is 17.7 Å². The van der Waals surface area contributed by atoms with Gasteiger partial charge >= 0.3 is 0 Å². The highest BCUT2D eigenvalue weighted by Gasteiger charge is 2.19. The number of aryl methyl sites for hydroxylation is 1. The van der Waals surface area contributed by atoms with Crippen molar-refractivity contribution in [3.05, 3.63) is 56.7 Å². The van der Waals surface area contributed by atoms with Crippen LogP contribution in [-0.2, 0) is 22.6 Å². The molecule has 0 spiro atoms. The Morgan fingerprint density at radius 3 is 2.78 bits per heavy atom. The van der Waals surface area contributed by atoms with Crippen LogP contribution in [0.1, 0.15) is 11.3 Å². The van der Waals surface area contributed by atoms with Gasteiger partial charge in [-0.3, -0.25) is 14.2 Å². The van der Waals surface area contributed by atoms with Crippen molar-refractivity contribution >= 4 is 23.5 Å². The molecule has 0 unspecified atom stereocenters. The summed E-state index contributed by atoms with van der Waals surface area (Å²) in [5.41, 5.74) is 0.893. The number of ether oxygens (including phenoxy) is 1. The quantitative estimate of drug-likeness (QED) is 0.831. The smallest absolute Gasteiger partial charge is 0.255 e. The Labute approximate surface area is 160 Å². The standard InChI is InChI=1S/C18H20ClFN4O3/c1-12-8-17(26)24(18(22-12)23-4-6-27-7-5-23)11-16(25)21-10-13-2-3-14(20)9-15(13)19/h2-3,8-9H,4-7,10-11H2,1H3,(H,21,25). The summed E-state index contributed by atoms with van der Waals surface area (Å²) >= 11 is 5.97. The Morgan fingerprint density at radius 2 is 2.07 bits per heavy atom. The third-order valence-corrected chi connectivity index (χ3v) is 4.55. The molecular weight excluding hydrogens is 375 g/mol. The van der Waals surface area contributed by atoms with Gasteiger partial charge in [0, 0.05) is 36.4 Å². The van der Waals surface area contributed by atoms with E-state index in [2.05, 4.69) is 10.3 Å². The first-order valence-electron chi connectivity index (χ1n) is 8.56. The second kappa shape index (κ2) is 8.49. The van der Waals surface area contributed by atoms with Crippen LogP contribution in [0.15, 0.2) is 29.1 Å². The molecule has 144 valence electrons. The Morgan fingerprint density at radius 1 is 1.33 bits per heavy atom. The molecule has 2 aromatic rings. The summed E-state index contributed by atoms with van der Waals surface area (Å²) in [5, 5.41) is 2.94. The first-order valence-corrected chi connectivity index (χ1v) is 8.93. The van der Waals surface area contributed by atoms with Crippen molar-refractivity contribution in [2.24, 2.45) is 0 Å². The zero-order valence-electron chi connectivity index (χ0n) is 14.9. The molecule has 0 bridgehead atoms. The number of amides is 1. The molecule has 9 heteroatoms. The van der Waals surface area contributed by atoms with Gasteiger partial charge in [0.1, 0.15) is 12.4 Å². The van der Waals surface area contributed by atoms with Gasteiger partial charge in [0.25, 0.3) is 5.56 Å². The number of morpholine rings is 1. The van der Waals surface area contributed by atoms with Crippen LogP contribution in [0.2, 0.25) is 5.02 Å². The lowest BCUT2D eigenvalue weighted by molar-refractivity contribution is -0.121. The van der Waals surface area contributed by atoms with E-state index < -0.39 is 5.82 Å². The van der Waals surface area contributed by atoms with Crippen LogP contribution < -0.4 is 15.8 Å². The van der Waals surface area contributed by atoms with Crippen molar-refractivity contribution in [3.8, 4) is 0 Å². The number of aromatic nitrogens is 2. The Bertz CT molecular complexity index is 897. The van der Waals surface area contributed by atoms with Gasteiger partial charge in [0.15, 0.2) is 0 Å². The summed E-state index contributed by atoms with van der Waals surface area (Å²) in [6.45, 7) is 3.99. The maximum absolute atomic E-state index is 13.1. The van der Waals surface area contributed by atoms with Crippen molar-refractivity contribution in [1.29, 1.82) is 0 Å². The van der Waals surface area contributed by atoms with Crippen LogP contribution in [0, 0.1) is 12.7 Å². The SMILES string of the molecule is Cc1cc(=O)n(CC(=O)NCc2ccc(F)cc2Cl)c(N2CCOCC2)n1. The van der Waals surface area contributed by atoms with Crippen LogP contribution in [-0.4, -0.2) is 41.8 Å². The molecule has 1 fully saturated rings. The number of nitrogens with zero attached hydrogens (tertiary/aromatic N) is 3. The maximum atomic E-state index is 13.1. The van der Waals surface area contributed by atoms with E-state index in [1.54, 1.807) is 6.92 Å². The molecule has 1 aliphatic rings. The number of benzene rings is 1. The van der Waals surface area contributed by atoms with E-state index >= 15 is 0 Å². The summed E-state index contributed by atoms with van der Waals surface area (Å²) in [5.74, 6) is -0.349. The molecule has 1 aromatic carbocycles. The number of hydrogen-bond acceptors (Lipinski definition) is 5. The fraction of sp³-hybridized carbons (Fsp3) is 0.389. The minimum absolute atomic E-state index is 0.138. The van der Waals surface area contributed by atoms with Crippen molar-refractivity contribution in [2.75, 3.05) is 31.2 Å². The van der Waals surface area contributed by atoms with E-state index in [-0.39, 0.29) is 29.6 Å². The second-order valence-corrected chi connectivity index (χ2v) is 6.64. The summed E-state index contributed by atoms with van der Waals surface area (Å²) in [6, 6.07) is 5.37. The Balaban J connectivity index is 1.74. The summed E-state index contributed by atoms with van der Waals surface area (Å²) < 4.78 is 19.8. The molecule has 0 saturated carbocycles. The van der Waals surface area contributed by atoms with Crippen LogP contribution in [0.25, 0.3) is 0 Å². The number of nitrogens with one attached hydrogen (secondary N) is 1. The largest absolute Gasteiger partial charge is 0.378 e. The number of carbonyl (C=O) groups excluding carboxylic acids is 1. The van der Waals surface area contributed by atoms with Gasteiger partial charge in [-0.25, -0.2) is 9.37 Å². The van der Waals surface area contributed by atoms with Gasteiger partial charge in [0.2, 0.25) is 11.9 Å². The van der Waals surface area contributed by atoms with Crippen molar-refractivity contribution in [3.63, 3.8) is 0 Å². The normalized spacial score (nSPS) is 14.3. The topological polar surface area (TPSA) is 76.5 Å². The zero-order chi connectivity index (χ0) is 19.4. The van der Waals surface area contributed by atoms with E-state index in [9.17, 15) is 14.0 Å². The number of carbonyl (C=O) groups is 1. The fourth-order valence-corrected chi connectivity index (χ4v) is 3.05. The van der Waals surface area contributed by atoms with Crippen molar-refractivity contribution < 1.29 is 13.9 Å².